The average Bonchev–Trinajstić information content (AvgIpc) is 2.77. The highest BCUT2D eigenvalue weighted by molar-refractivity contribution is 5.94. The zero-order valence-electron chi connectivity index (χ0n) is 15.9. The molecule has 8 nitrogen and oxygen atoms in total. The molecule has 0 aromatic heterocycles. The van der Waals surface area contributed by atoms with Gasteiger partial charge in [0.05, 0.1) is 11.5 Å². The van der Waals surface area contributed by atoms with Gasteiger partial charge in [-0.3, -0.25) is 19.7 Å². The lowest BCUT2D eigenvalue weighted by atomic mass is 10.2. The number of nitrogens with one attached hydrogen (secondary N) is 1. The van der Waals surface area contributed by atoms with E-state index < -0.39 is 4.92 Å². The number of hydrogen-bond donors (Lipinski definition) is 1. The van der Waals surface area contributed by atoms with Gasteiger partial charge in [-0.05, 0) is 23.8 Å². The molecule has 0 radical (unpaired) electrons. The van der Waals surface area contributed by atoms with Crippen LogP contribution >= 0.6 is 0 Å². The van der Waals surface area contributed by atoms with E-state index >= 15 is 0 Å². The van der Waals surface area contributed by atoms with Crippen LogP contribution < -0.4 is 10.2 Å². The number of nitrogens with zero attached hydrogens (tertiary/aromatic N) is 3. The number of piperazine rings is 1. The van der Waals surface area contributed by atoms with E-state index in [1.54, 1.807) is 23.1 Å². The van der Waals surface area contributed by atoms with Gasteiger partial charge in [-0.25, -0.2) is 0 Å². The highest BCUT2D eigenvalue weighted by Crippen LogP contribution is 2.20. The van der Waals surface area contributed by atoms with Crippen LogP contribution in [0.15, 0.2) is 60.7 Å². The molecule has 1 N–H and O–H groups in total. The van der Waals surface area contributed by atoms with Crippen molar-refractivity contribution in [3.63, 3.8) is 0 Å². The Hall–Kier alpha value is -3.68. The van der Waals surface area contributed by atoms with Gasteiger partial charge in [0.1, 0.15) is 0 Å². The van der Waals surface area contributed by atoms with E-state index in [1.165, 1.54) is 18.2 Å². The zero-order valence-corrected chi connectivity index (χ0v) is 15.9. The van der Waals surface area contributed by atoms with E-state index in [4.69, 9.17) is 0 Å². The largest absolute Gasteiger partial charge is 0.368 e. The minimum atomic E-state index is -0.427. The summed E-state index contributed by atoms with van der Waals surface area (Å²) in [5.74, 6) is -0.443. The van der Waals surface area contributed by atoms with Crippen LogP contribution in [0.3, 0.4) is 0 Å². The van der Waals surface area contributed by atoms with Crippen LogP contribution in [-0.4, -0.2) is 54.4 Å². The van der Waals surface area contributed by atoms with E-state index in [9.17, 15) is 19.7 Å². The highest BCUT2D eigenvalue weighted by atomic mass is 16.6. The molecule has 0 spiro atoms. The summed E-state index contributed by atoms with van der Waals surface area (Å²) >= 11 is 0. The first-order valence-corrected chi connectivity index (χ1v) is 9.31. The molecule has 150 valence electrons. The first-order chi connectivity index (χ1) is 14.0. The molecule has 0 unspecified atom stereocenters. The Balaban J connectivity index is 1.43. The molecule has 0 bridgehead atoms. The predicted molar refractivity (Wildman–Crippen MR) is 110 cm³/mol. The molecule has 3 rings (SSSR count). The van der Waals surface area contributed by atoms with Crippen LogP contribution in [0.1, 0.15) is 5.56 Å². The maximum Gasteiger partial charge on any atom is 0.269 e. The minimum Gasteiger partial charge on any atom is -0.368 e. The molecule has 1 saturated heterocycles. The van der Waals surface area contributed by atoms with Crippen molar-refractivity contribution in [2.24, 2.45) is 0 Å². The van der Waals surface area contributed by atoms with Gasteiger partial charge in [-0.2, -0.15) is 0 Å². The number of carbonyl (C=O) groups is 2. The topological polar surface area (TPSA) is 95.8 Å². The molecule has 29 heavy (non-hydrogen) atoms. The Morgan fingerprint density at radius 2 is 1.66 bits per heavy atom. The van der Waals surface area contributed by atoms with Gasteiger partial charge in [0.2, 0.25) is 11.8 Å². The van der Waals surface area contributed by atoms with Crippen molar-refractivity contribution >= 4 is 29.3 Å². The number of nitro benzene ring substituents is 1. The third kappa shape index (κ3) is 5.65. The minimum absolute atomic E-state index is 0.0461. The van der Waals surface area contributed by atoms with Gasteiger partial charge in [0.25, 0.3) is 5.69 Å². The molecule has 2 aromatic rings. The van der Waals surface area contributed by atoms with Crippen LogP contribution in [0, 0.1) is 10.1 Å². The van der Waals surface area contributed by atoms with Crippen molar-refractivity contribution in [2.75, 3.05) is 37.6 Å². The Morgan fingerprint density at radius 1 is 1.00 bits per heavy atom. The summed E-state index contributed by atoms with van der Waals surface area (Å²) in [7, 11) is 0. The summed E-state index contributed by atoms with van der Waals surface area (Å²) in [6.07, 6.45) is 3.11. The van der Waals surface area contributed by atoms with Crippen molar-refractivity contribution < 1.29 is 14.5 Å². The fourth-order valence-corrected chi connectivity index (χ4v) is 3.07. The number of hydrogen-bond acceptors (Lipinski definition) is 5. The Bertz CT molecular complexity index is 889. The second-order valence-corrected chi connectivity index (χ2v) is 6.60. The van der Waals surface area contributed by atoms with Gasteiger partial charge in [0.15, 0.2) is 0 Å². The molecule has 1 aliphatic rings. The summed E-state index contributed by atoms with van der Waals surface area (Å²) in [6, 6.07) is 15.8. The molecule has 0 saturated carbocycles. The number of anilines is 1. The molecule has 1 heterocycles. The van der Waals surface area contributed by atoms with Gasteiger partial charge in [-0.1, -0.05) is 30.3 Å². The normalized spacial score (nSPS) is 14.1. The Morgan fingerprint density at radius 3 is 2.28 bits per heavy atom. The second kappa shape index (κ2) is 9.50. The first kappa shape index (κ1) is 20.1. The summed E-state index contributed by atoms with van der Waals surface area (Å²) in [5.41, 5.74) is 1.86. The quantitative estimate of drug-likeness (QED) is 0.460. The number of nitro groups is 1. The number of carbonyl (C=O) groups excluding carboxylic acids is 2. The monoisotopic (exact) mass is 394 g/mol. The van der Waals surface area contributed by atoms with Crippen LogP contribution in [-0.2, 0) is 9.59 Å². The van der Waals surface area contributed by atoms with E-state index in [-0.39, 0.29) is 24.0 Å². The lowest BCUT2D eigenvalue weighted by Gasteiger charge is -2.36. The number of benzene rings is 2. The summed E-state index contributed by atoms with van der Waals surface area (Å²) in [4.78, 5) is 38.3. The zero-order chi connectivity index (χ0) is 20.6. The third-order valence-electron chi connectivity index (χ3n) is 4.70. The van der Waals surface area contributed by atoms with Gasteiger partial charge >= 0.3 is 0 Å². The maximum atomic E-state index is 12.3. The fourth-order valence-electron chi connectivity index (χ4n) is 3.07. The Kier molecular flexibility index (Phi) is 6.57. The smallest absolute Gasteiger partial charge is 0.269 e. The summed E-state index contributed by atoms with van der Waals surface area (Å²) in [6.45, 7) is 2.28. The van der Waals surface area contributed by atoms with Crippen molar-refractivity contribution in [3.8, 4) is 0 Å². The van der Waals surface area contributed by atoms with E-state index in [2.05, 4.69) is 10.2 Å². The van der Waals surface area contributed by atoms with Gasteiger partial charge < -0.3 is 15.1 Å². The SMILES string of the molecule is O=C(/C=C/c1ccccc1)NCC(=O)N1CCN(c2ccc([N+](=O)[O-])cc2)CC1. The van der Waals surface area contributed by atoms with Crippen molar-refractivity contribution in [2.45, 2.75) is 0 Å². The lowest BCUT2D eigenvalue weighted by molar-refractivity contribution is -0.384. The molecular weight excluding hydrogens is 372 g/mol. The molecule has 2 amide bonds. The Labute approximate surface area is 168 Å². The van der Waals surface area contributed by atoms with Crippen LogP contribution in [0.5, 0.6) is 0 Å². The van der Waals surface area contributed by atoms with Crippen LogP contribution in [0.25, 0.3) is 6.08 Å². The van der Waals surface area contributed by atoms with Crippen LogP contribution in [0.2, 0.25) is 0 Å². The molecule has 2 aromatic carbocycles. The first-order valence-electron chi connectivity index (χ1n) is 9.31. The predicted octanol–water partition coefficient (Wildman–Crippen LogP) is 2.07. The highest BCUT2D eigenvalue weighted by Gasteiger charge is 2.21. The summed E-state index contributed by atoms with van der Waals surface area (Å²) in [5, 5.41) is 13.4. The third-order valence-corrected chi connectivity index (χ3v) is 4.70. The number of amides is 2. The molecule has 8 heteroatoms. The van der Waals surface area contributed by atoms with Crippen molar-refractivity contribution in [3.05, 3.63) is 76.4 Å². The average molecular weight is 394 g/mol. The fraction of sp³-hybridized carbons (Fsp3) is 0.238. The van der Waals surface area contributed by atoms with Gasteiger partial charge in [0, 0.05) is 50.1 Å². The molecular formula is C21H22N4O4. The second-order valence-electron chi connectivity index (χ2n) is 6.60. The van der Waals surface area contributed by atoms with Crippen molar-refractivity contribution in [1.29, 1.82) is 0 Å². The van der Waals surface area contributed by atoms with Crippen molar-refractivity contribution in [1.82, 2.24) is 10.2 Å². The number of non-ortho nitro benzene ring substituents is 1. The molecule has 0 atom stereocenters. The molecule has 1 aliphatic heterocycles. The van der Waals surface area contributed by atoms with E-state index in [0.717, 1.165) is 11.3 Å². The summed E-state index contributed by atoms with van der Waals surface area (Å²) < 4.78 is 0. The maximum absolute atomic E-state index is 12.3. The van der Waals surface area contributed by atoms with Crippen LogP contribution in [0.4, 0.5) is 11.4 Å². The molecule has 0 aliphatic carbocycles. The standard InChI is InChI=1S/C21H22N4O4/c26-20(11-6-17-4-2-1-3-5-17)22-16-21(27)24-14-12-23(13-15-24)18-7-9-19(10-8-18)25(28)29/h1-11H,12-16H2,(H,22,26)/b11-6+. The van der Waals surface area contributed by atoms with E-state index in [1.807, 2.05) is 30.3 Å². The lowest BCUT2D eigenvalue weighted by Crippen LogP contribution is -2.51. The number of rotatable bonds is 6. The molecule has 1 fully saturated rings. The van der Waals surface area contributed by atoms with E-state index in [0.29, 0.717) is 26.2 Å². The van der Waals surface area contributed by atoms with Gasteiger partial charge in [-0.15, -0.1) is 0 Å².